The van der Waals surface area contributed by atoms with Crippen molar-refractivity contribution < 1.29 is 22.4 Å². The number of rotatable bonds is 3. The highest BCUT2D eigenvalue weighted by molar-refractivity contribution is 5.79. The summed E-state index contributed by atoms with van der Waals surface area (Å²) in [5, 5.41) is 0. The smallest absolute Gasteiger partial charge is 0.338 e. The molecule has 1 unspecified atom stereocenters. The number of carbonyl (C=O) groups is 1. The summed E-state index contributed by atoms with van der Waals surface area (Å²) in [5.41, 5.74) is -1.04. The predicted molar refractivity (Wildman–Crippen MR) is 65.1 cm³/mol. The molecule has 1 atom stereocenters. The largest absolute Gasteiger partial charge is 0.416 e. The van der Waals surface area contributed by atoms with Gasteiger partial charge in [0.15, 0.2) is 0 Å². The Hall–Kier alpha value is -1.85. The van der Waals surface area contributed by atoms with Gasteiger partial charge in [0.05, 0.1) is 5.56 Å². The van der Waals surface area contributed by atoms with Gasteiger partial charge in [-0.25, -0.2) is 4.39 Å². The van der Waals surface area contributed by atoms with Gasteiger partial charge < -0.3 is 4.90 Å². The normalized spacial score (nSPS) is 19.5. The van der Waals surface area contributed by atoms with Crippen molar-refractivity contribution in [3.63, 3.8) is 0 Å². The van der Waals surface area contributed by atoms with E-state index < -0.39 is 17.6 Å². The molecule has 0 radical (unpaired) electrons. The minimum absolute atomic E-state index is 0.0311. The van der Waals surface area contributed by atoms with Crippen molar-refractivity contribution in [1.82, 2.24) is 4.90 Å². The summed E-state index contributed by atoms with van der Waals surface area (Å²) in [6.45, 7) is 3.79. The topological polar surface area (TPSA) is 20.3 Å². The quantitative estimate of drug-likeness (QED) is 0.616. The van der Waals surface area contributed by atoms with E-state index in [4.69, 9.17) is 0 Å². The van der Waals surface area contributed by atoms with Gasteiger partial charge in [-0.15, -0.1) is 6.58 Å². The molecule has 1 saturated heterocycles. The second-order valence-corrected chi connectivity index (χ2v) is 4.78. The van der Waals surface area contributed by atoms with E-state index in [2.05, 4.69) is 6.58 Å². The number of hydrogen-bond donors (Lipinski definition) is 0. The van der Waals surface area contributed by atoms with Crippen LogP contribution in [0.2, 0.25) is 0 Å². The highest BCUT2D eigenvalue weighted by atomic mass is 19.4. The lowest BCUT2D eigenvalue weighted by molar-refractivity contribution is -0.137. The number of alkyl halides is 3. The van der Waals surface area contributed by atoms with Crippen molar-refractivity contribution in [1.29, 1.82) is 0 Å². The molecule has 6 heteroatoms. The number of benzene rings is 1. The first-order chi connectivity index (χ1) is 9.31. The van der Waals surface area contributed by atoms with Gasteiger partial charge in [0.1, 0.15) is 5.82 Å². The molecule has 1 heterocycles. The number of amides is 1. The summed E-state index contributed by atoms with van der Waals surface area (Å²) in [6.07, 6.45) is -2.63. The van der Waals surface area contributed by atoms with Crippen molar-refractivity contribution in [3.05, 3.63) is 47.8 Å². The highest BCUT2D eigenvalue weighted by Gasteiger charge is 2.32. The number of halogens is 4. The zero-order valence-corrected chi connectivity index (χ0v) is 10.6. The Kier molecular flexibility index (Phi) is 3.83. The Morgan fingerprint density at radius 1 is 1.40 bits per heavy atom. The van der Waals surface area contributed by atoms with Crippen molar-refractivity contribution in [2.24, 2.45) is 5.92 Å². The average Bonchev–Trinajstić information content (AvgIpc) is 2.71. The van der Waals surface area contributed by atoms with Gasteiger partial charge in [0, 0.05) is 31.0 Å². The fraction of sp³-hybridized carbons (Fsp3) is 0.357. The number of hydrogen-bond acceptors (Lipinski definition) is 1. The molecule has 20 heavy (non-hydrogen) atoms. The van der Waals surface area contributed by atoms with E-state index in [-0.39, 0.29) is 30.4 Å². The van der Waals surface area contributed by atoms with Crippen LogP contribution >= 0.6 is 0 Å². The fourth-order valence-electron chi connectivity index (χ4n) is 2.19. The molecule has 108 valence electrons. The molecule has 2 rings (SSSR count). The second-order valence-electron chi connectivity index (χ2n) is 4.78. The molecule has 0 spiro atoms. The van der Waals surface area contributed by atoms with Crippen LogP contribution in [0.3, 0.4) is 0 Å². The second kappa shape index (κ2) is 5.26. The van der Waals surface area contributed by atoms with E-state index in [1.807, 2.05) is 0 Å². The van der Waals surface area contributed by atoms with Gasteiger partial charge in [-0.2, -0.15) is 13.2 Å². The Balaban J connectivity index is 2.21. The molecule has 1 amide bonds. The van der Waals surface area contributed by atoms with Crippen molar-refractivity contribution in [2.75, 3.05) is 6.54 Å². The molecule has 0 aliphatic carbocycles. The van der Waals surface area contributed by atoms with Crippen LogP contribution < -0.4 is 0 Å². The van der Waals surface area contributed by atoms with E-state index in [1.54, 1.807) is 6.08 Å². The molecule has 0 saturated carbocycles. The summed E-state index contributed by atoms with van der Waals surface area (Å²) >= 11 is 0. The minimum Gasteiger partial charge on any atom is -0.338 e. The van der Waals surface area contributed by atoms with Gasteiger partial charge in [-0.05, 0) is 18.2 Å². The first kappa shape index (κ1) is 14.6. The molecular weight excluding hydrogens is 274 g/mol. The number of carbonyl (C=O) groups excluding carboxylic acids is 1. The summed E-state index contributed by atoms with van der Waals surface area (Å²) < 4.78 is 51.4. The number of nitrogens with zero attached hydrogens (tertiary/aromatic N) is 1. The number of likely N-dealkylation sites (tertiary alicyclic amines) is 1. The van der Waals surface area contributed by atoms with E-state index in [0.717, 1.165) is 12.1 Å². The Bertz CT molecular complexity index is 538. The third kappa shape index (κ3) is 3.00. The average molecular weight is 287 g/mol. The lowest BCUT2D eigenvalue weighted by Crippen LogP contribution is -2.25. The molecule has 1 aliphatic rings. The van der Waals surface area contributed by atoms with E-state index in [0.29, 0.717) is 12.6 Å². The van der Waals surface area contributed by atoms with Gasteiger partial charge in [0.2, 0.25) is 5.91 Å². The predicted octanol–water partition coefficient (Wildman–Crippen LogP) is 3.38. The van der Waals surface area contributed by atoms with Gasteiger partial charge in [-0.1, -0.05) is 6.08 Å². The van der Waals surface area contributed by atoms with Crippen LogP contribution in [0.1, 0.15) is 17.5 Å². The third-order valence-electron chi connectivity index (χ3n) is 3.31. The SMILES string of the molecule is C=CC1CC(=O)N(Cc2cc(C(F)(F)F)ccc2F)C1. The Morgan fingerprint density at radius 3 is 2.65 bits per heavy atom. The lowest BCUT2D eigenvalue weighted by atomic mass is 10.1. The Morgan fingerprint density at radius 2 is 2.10 bits per heavy atom. The summed E-state index contributed by atoms with van der Waals surface area (Å²) in [4.78, 5) is 13.0. The van der Waals surface area contributed by atoms with E-state index >= 15 is 0 Å². The Labute approximate surface area is 113 Å². The molecule has 1 aliphatic heterocycles. The van der Waals surface area contributed by atoms with Gasteiger partial charge in [-0.3, -0.25) is 4.79 Å². The maximum absolute atomic E-state index is 13.6. The monoisotopic (exact) mass is 287 g/mol. The van der Waals surface area contributed by atoms with Crippen molar-refractivity contribution in [3.8, 4) is 0 Å². The molecule has 0 N–H and O–H groups in total. The van der Waals surface area contributed by atoms with Crippen molar-refractivity contribution >= 4 is 5.91 Å². The molecule has 1 aromatic carbocycles. The van der Waals surface area contributed by atoms with Crippen LogP contribution in [0.5, 0.6) is 0 Å². The summed E-state index contributed by atoms with van der Waals surface area (Å²) in [6, 6.07) is 2.23. The fourth-order valence-corrected chi connectivity index (χ4v) is 2.19. The van der Waals surface area contributed by atoms with Crippen molar-refractivity contribution in [2.45, 2.75) is 19.1 Å². The molecule has 0 aromatic heterocycles. The van der Waals surface area contributed by atoms with Crippen LogP contribution in [0.25, 0.3) is 0 Å². The maximum Gasteiger partial charge on any atom is 0.416 e. The van der Waals surface area contributed by atoms with Gasteiger partial charge in [0.25, 0.3) is 0 Å². The third-order valence-corrected chi connectivity index (χ3v) is 3.31. The van der Waals surface area contributed by atoms with Crippen LogP contribution in [-0.2, 0) is 17.5 Å². The zero-order valence-electron chi connectivity index (χ0n) is 10.6. The van der Waals surface area contributed by atoms with Gasteiger partial charge >= 0.3 is 6.18 Å². The lowest BCUT2D eigenvalue weighted by Gasteiger charge is -2.17. The molecule has 0 bridgehead atoms. The van der Waals surface area contributed by atoms with Crippen LogP contribution in [0.15, 0.2) is 30.9 Å². The first-order valence-electron chi connectivity index (χ1n) is 6.07. The molecule has 1 fully saturated rings. The molecular formula is C14H13F4NO. The van der Waals surface area contributed by atoms with E-state index in [9.17, 15) is 22.4 Å². The summed E-state index contributed by atoms with van der Waals surface area (Å²) in [7, 11) is 0. The van der Waals surface area contributed by atoms with Crippen LogP contribution in [0.4, 0.5) is 17.6 Å². The maximum atomic E-state index is 13.6. The molecule has 1 aromatic rings. The van der Waals surface area contributed by atoms with Crippen LogP contribution in [-0.4, -0.2) is 17.4 Å². The molecule has 2 nitrogen and oxygen atoms in total. The highest BCUT2D eigenvalue weighted by Crippen LogP contribution is 2.31. The van der Waals surface area contributed by atoms with E-state index in [1.165, 1.54) is 4.90 Å². The zero-order chi connectivity index (χ0) is 14.9. The first-order valence-corrected chi connectivity index (χ1v) is 6.07. The minimum atomic E-state index is -4.53. The van der Waals surface area contributed by atoms with Crippen LogP contribution in [0, 0.1) is 11.7 Å². The summed E-state index contributed by atoms with van der Waals surface area (Å²) in [5.74, 6) is -0.976. The standard InChI is InChI=1S/C14H13F4NO/c1-2-9-5-13(20)19(7-9)8-10-6-11(14(16,17)18)3-4-12(10)15/h2-4,6,9H,1,5,7-8H2.